The van der Waals surface area contributed by atoms with Crippen LogP contribution in [0, 0.1) is 0 Å². The second-order valence-corrected chi connectivity index (χ2v) is 10.7. The Bertz CT molecular complexity index is 1390. The first-order valence-electron chi connectivity index (χ1n) is 13.0. The molecule has 4 rings (SSSR count). The molecule has 13 heteroatoms. The number of amides is 3. The van der Waals surface area contributed by atoms with Gasteiger partial charge in [-0.1, -0.05) is 11.6 Å². The van der Waals surface area contributed by atoms with Gasteiger partial charge in [-0.15, -0.1) is 0 Å². The standard InChI is InChI=1S/C27H33ClN6O6/c1-5-39-19-10-8-18(9-11-19)33(26(38)40-27(2,3)4)24-20(23(28)31-21-12-13-29-34(21)24)15-22(35)30-17-7-6-14-32(16-17)25(36)37/h8-13,17H,5-7,14-16H2,1-4H3,(H,30,35)(H,36,37). The highest BCUT2D eigenvalue weighted by molar-refractivity contribution is 6.31. The molecule has 1 aliphatic heterocycles. The molecule has 1 aliphatic rings. The fraction of sp³-hybridized carbons (Fsp3) is 0.444. The number of halogens is 1. The molecule has 40 heavy (non-hydrogen) atoms. The normalized spacial score (nSPS) is 15.5. The van der Waals surface area contributed by atoms with Crippen molar-refractivity contribution < 1.29 is 29.0 Å². The lowest BCUT2D eigenvalue weighted by atomic mass is 10.1. The summed E-state index contributed by atoms with van der Waals surface area (Å²) in [5, 5.41) is 16.6. The average molecular weight is 573 g/mol. The summed E-state index contributed by atoms with van der Waals surface area (Å²) in [5.41, 5.74) is 0.228. The van der Waals surface area contributed by atoms with Crippen molar-refractivity contribution in [1.29, 1.82) is 0 Å². The van der Waals surface area contributed by atoms with Gasteiger partial charge in [0.1, 0.15) is 16.5 Å². The van der Waals surface area contributed by atoms with E-state index in [1.165, 1.54) is 20.5 Å². The number of aromatic nitrogens is 3. The van der Waals surface area contributed by atoms with Crippen molar-refractivity contribution in [1.82, 2.24) is 24.8 Å². The van der Waals surface area contributed by atoms with Crippen molar-refractivity contribution in [2.24, 2.45) is 0 Å². The molecule has 0 spiro atoms. The maximum absolute atomic E-state index is 13.7. The number of piperidine rings is 1. The molecule has 1 saturated heterocycles. The Balaban J connectivity index is 1.76. The average Bonchev–Trinajstić information content (AvgIpc) is 3.34. The zero-order valence-corrected chi connectivity index (χ0v) is 23.6. The maximum Gasteiger partial charge on any atom is 0.420 e. The van der Waals surface area contributed by atoms with Crippen molar-refractivity contribution in [3.63, 3.8) is 0 Å². The van der Waals surface area contributed by atoms with E-state index < -0.39 is 23.7 Å². The summed E-state index contributed by atoms with van der Waals surface area (Å²) in [4.78, 5) is 45.4. The molecule has 1 aromatic carbocycles. The van der Waals surface area contributed by atoms with Crippen LogP contribution in [0.3, 0.4) is 0 Å². The maximum atomic E-state index is 13.7. The first kappa shape index (κ1) is 28.9. The van der Waals surface area contributed by atoms with Gasteiger partial charge in [0.25, 0.3) is 0 Å². The molecule has 0 saturated carbocycles. The number of anilines is 2. The van der Waals surface area contributed by atoms with Gasteiger partial charge in [0.05, 0.1) is 24.9 Å². The van der Waals surface area contributed by atoms with E-state index in [1.54, 1.807) is 51.1 Å². The Kier molecular flexibility index (Phi) is 8.67. The van der Waals surface area contributed by atoms with Crippen molar-refractivity contribution in [2.45, 2.75) is 58.6 Å². The number of carbonyl (C=O) groups is 3. The van der Waals surface area contributed by atoms with Gasteiger partial charge in [-0.05, 0) is 64.8 Å². The molecule has 1 fully saturated rings. The van der Waals surface area contributed by atoms with Crippen LogP contribution in [-0.2, 0) is 16.0 Å². The fourth-order valence-electron chi connectivity index (χ4n) is 4.50. The van der Waals surface area contributed by atoms with Crippen LogP contribution in [0.1, 0.15) is 46.1 Å². The third-order valence-corrected chi connectivity index (χ3v) is 6.46. The van der Waals surface area contributed by atoms with Crippen LogP contribution in [-0.4, -0.2) is 74.0 Å². The van der Waals surface area contributed by atoms with Crippen LogP contribution in [0.25, 0.3) is 5.65 Å². The van der Waals surface area contributed by atoms with Gasteiger partial charge in [-0.3, -0.25) is 4.79 Å². The largest absolute Gasteiger partial charge is 0.494 e. The van der Waals surface area contributed by atoms with E-state index in [-0.39, 0.29) is 35.5 Å². The van der Waals surface area contributed by atoms with Gasteiger partial charge in [0.2, 0.25) is 5.91 Å². The minimum absolute atomic E-state index is 0.0217. The molecule has 2 aromatic heterocycles. The smallest absolute Gasteiger partial charge is 0.420 e. The number of ether oxygens (including phenoxy) is 2. The first-order chi connectivity index (χ1) is 19.0. The predicted octanol–water partition coefficient (Wildman–Crippen LogP) is 4.66. The quantitative estimate of drug-likeness (QED) is 0.390. The van der Waals surface area contributed by atoms with Crippen LogP contribution in [0.5, 0.6) is 5.75 Å². The summed E-state index contributed by atoms with van der Waals surface area (Å²) in [6, 6.07) is 8.13. The Morgan fingerprint density at radius 2 is 1.93 bits per heavy atom. The fourth-order valence-corrected chi connectivity index (χ4v) is 4.74. The van der Waals surface area contributed by atoms with Gasteiger partial charge >= 0.3 is 12.2 Å². The monoisotopic (exact) mass is 572 g/mol. The second-order valence-electron chi connectivity index (χ2n) is 10.4. The second kappa shape index (κ2) is 12.0. The molecule has 3 heterocycles. The van der Waals surface area contributed by atoms with E-state index >= 15 is 0 Å². The molecule has 1 atom stereocenters. The lowest BCUT2D eigenvalue weighted by molar-refractivity contribution is -0.121. The predicted molar refractivity (Wildman–Crippen MR) is 148 cm³/mol. The zero-order chi connectivity index (χ0) is 29.0. The number of carboxylic acid groups (broad SMARTS) is 1. The first-order valence-corrected chi connectivity index (χ1v) is 13.4. The van der Waals surface area contributed by atoms with Gasteiger partial charge in [-0.25, -0.2) is 19.5 Å². The third kappa shape index (κ3) is 6.74. The van der Waals surface area contributed by atoms with Crippen molar-refractivity contribution in [2.75, 3.05) is 24.6 Å². The highest BCUT2D eigenvalue weighted by Gasteiger charge is 2.32. The van der Waals surface area contributed by atoms with Crippen LogP contribution in [0.4, 0.5) is 21.1 Å². The molecule has 2 N–H and O–H groups in total. The highest BCUT2D eigenvalue weighted by Crippen LogP contribution is 2.35. The molecule has 1 unspecified atom stereocenters. The van der Waals surface area contributed by atoms with Gasteiger partial charge in [0, 0.05) is 30.8 Å². The highest BCUT2D eigenvalue weighted by atomic mass is 35.5. The van der Waals surface area contributed by atoms with E-state index in [0.29, 0.717) is 43.1 Å². The topological polar surface area (TPSA) is 139 Å². The Hall–Kier alpha value is -4.06. The number of nitrogens with one attached hydrogen (secondary N) is 1. The van der Waals surface area contributed by atoms with Crippen molar-refractivity contribution in [3.05, 3.63) is 47.2 Å². The number of benzene rings is 1. The van der Waals surface area contributed by atoms with E-state index in [0.717, 1.165) is 0 Å². The minimum atomic E-state index is -1.03. The summed E-state index contributed by atoms with van der Waals surface area (Å²) in [6.45, 7) is 8.22. The number of likely N-dealkylation sites (tertiary alicyclic amines) is 1. The summed E-state index contributed by atoms with van der Waals surface area (Å²) in [5.74, 6) is 0.420. The molecule has 12 nitrogen and oxygen atoms in total. The number of nitrogens with zero attached hydrogens (tertiary/aromatic N) is 5. The molecule has 3 amide bonds. The summed E-state index contributed by atoms with van der Waals surface area (Å²) in [6.07, 6.45) is 0.816. The van der Waals surface area contributed by atoms with Crippen LogP contribution in [0.15, 0.2) is 36.5 Å². The number of rotatable bonds is 7. The SMILES string of the molecule is CCOc1ccc(N(C(=O)OC(C)(C)C)c2c(CC(=O)NC3CCCN(C(=O)O)C3)c(Cl)nc3ccnn23)cc1. The van der Waals surface area contributed by atoms with Crippen molar-refractivity contribution in [3.8, 4) is 5.75 Å². The number of fused-ring (bicyclic) bond motifs is 1. The Morgan fingerprint density at radius 3 is 2.58 bits per heavy atom. The van der Waals surface area contributed by atoms with Crippen LogP contribution < -0.4 is 15.0 Å². The molecule has 0 aliphatic carbocycles. The lowest BCUT2D eigenvalue weighted by Gasteiger charge is -2.31. The zero-order valence-electron chi connectivity index (χ0n) is 22.9. The summed E-state index contributed by atoms with van der Waals surface area (Å²) in [7, 11) is 0. The molecular formula is C27H33ClN6O6. The molecule has 0 radical (unpaired) electrons. The van der Waals surface area contributed by atoms with Gasteiger partial charge in [-0.2, -0.15) is 9.61 Å². The van der Waals surface area contributed by atoms with E-state index in [2.05, 4.69) is 15.4 Å². The van der Waals surface area contributed by atoms with Gasteiger partial charge in [0.15, 0.2) is 11.5 Å². The van der Waals surface area contributed by atoms with E-state index in [1.807, 2.05) is 6.92 Å². The Labute approximate surface area is 236 Å². The number of hydrogen-bond acceptors (Lipinski definition) is 7. The molecule has 0 bridgehead atoms. The summed E-state index contributed by atoms with van der Waals surface area (Å²) >= 11 is 6.64. The summed E-state index contributed by atoms with van der Waals surface area (Å²) < 4.78 is 12.7. The lowest BCUT2D eigenvalue weighted by Crippen LogP contribution is -2.49. The number of carbonyl (C=O) groups excluding carboxylic acids is 2. The molecule has 214 valence electrons. The third-order valence-electron chi connectivity index (χ3n) is 6.14. The minimum Gasteiger partial charge on any atom is -0.494 e. The van der Waals surface area contributed by atoms with Crippen molar-refractivity contribution >= 4 is 46.8 Å². The number of hydrogen-bond donors (Lipinski definition) is 2. The molecular weight excluding hydrogens is 540 g/mol. The van der Waals surface area contributed by atoms with Crippen LogP contribution in [0.2, 0.25) is 5.15 Å². The molecule has 3 aromatic rings. The van der Waals surface area contributed by atoms with Gasteiger partial charge < -0.3 is 24.8 Å². The van der Waals surface area contributed by atoms with E-state index in [4.69, 9.17) is 21.1 Å². The Morgan fingerprint density at radius 1 is 1.20 bits per heavy atom. The van der Waals surface area contributed by atoms with E-state index in [9.17, 15) is 19.5 Å². The van der Waals surface area contributed by atoms with Crippen LogP contribution >= 0.6 is 11.6 Å².